The zero-order chi connectivity index (χ0) is 20.4. The van der Waals surface area contributed by atoms with Crippen LogP contribution in [0.3, 0.4) is 0 Å². The fourth-order valence-corrected chi connectivity index (χ4v) is 3.75. The number of hydrogen-bond donors (Lipinski definition) is 2. The molecule has 4 rings (SSSR count). The quantitative estimate of drug-likeness (QED) is 0.696. The molecule has 0 unspecified atom stereocenters. The van der Waals surface area contributed by atoms with Crippen LogP contribution in [0.15, 0.2) is 18.3 Å². The van der Waals surface area contributed by atoms with Gasteiger partial charge < -0.3 is 15.2 Å². The number of carbonyl (C=O) groups excluding carboxylic acids is 1. The number of amides is 1. The molecule has 0 aliphatic carbocycles. The van der Waals surface area contributed by atoms with Crippen LogP contribution in [0.2, 0.25) is 0 Å². The molecule has 1 aliphatic heterocycles. The largest absolute Gasteiger partial charge is 0.351 e. The van der Waals surface area contributed by atoms with Crippen molar-refractivity contribution in [3.8, 4) is 0 Å². The van der Waals surface area contributed by atoms with Crippen LogP contribution in [-0.2, 0) is 6.42 Å². The first-order chi connectivity index (χ1) is 14.0. The van der Waals surface area contributed by atoms with Gasteiger partial charge in [0, 0.05) is 32.3 Å². The van der Waals surface area contributed by atoms with E-state index in [0.717, 1.165) is 35.9 Å². The molecule has 1 fully saturated rings. The van der Waals surface area contributed by atoms with E-state index in [9.17, 15) is 4.79 Å². The zero-order valence-corrected chi connectivity index (χ0v) is 17.4. The van der Waals surface area contributed by atoms with Gasteiger partial charge in [0.05, 0.1) is 22.3 Å². The minimum absolute atomic E-state index is 0.143. The van der Waals surface area contributed by atoms with Gasteiger partial charge in [0.15, 0.2) is 0 Å². The molecule has 3 aromatic rings. The lowest BCUT2D eigenvalue weighted by Crippen LogP contribution is -2.32. The van der Waals surface area contributed by atoms with Gasteiger partial charge in [-0.15, -0.1) is 0 Å². The number of nitrogens with one attached hydrogen (secondary N) is 2. The van der Waals surface area contributed by atoms with Crippen LogP contribution in [0.1, 0.15) is 52.3 Å². The van der Waals surface area contributed by atoms with Gasteiger partial charge in [-0.3, -0.25) is 4.79 Å². The van der Waals surface area contributed by atoms with Crippen LogP contribution in [0.5, 0.6) is 0 Å². The van der Waals surface area contributed by atoms with Crippen molar-refractivity contribution < 1.29 is 4.79 Å². The lowest BCUT2D eigenvalue weighted by Gasteiger charge is -2.26. The summed E-state index contributed by atoms with van der Waals surface area (Å²) >= 11 is 0. The topological polar surface area (TPSA) is 86.8 Å². The molecule has 1 saturated heterocycles. The number of aromatic amines is 1. The molecule has 29 heavy (non-hydrogen) atoms. The molecule has 2 N–H and O–H groups in total. The average Bonchev–Trinajstić information content (AvgIpc) is 3.10. The van der Waals surface area contributed by atoms with Gasteiger partial charge in [-0.1, -0.05) is 0 Å². The molecule has 0 bridgehead atoms. The van der Waals surface area contributed by atoms with Gasteiger partial charge in [-0.2, -0.15) is 0 Å². The summed E-state index contributed by atoms with van der Waals surface area (Å²) in [5, 5.41) is 2.96. The van der Waals surface area contributed by atoms with Crippen LogP contribution in [-0.4, -0.2) is 45.5 Å². The second kappa shape index (κ2) is 8.19. The minimum atomic E-state index is -0.143. The molecule has 3 heterocycles. The van der Waals surface area contributed by atoms with E-state index < -0.39 is 0 Å². The van der Waals surface area contributed by atoms with Gasteiger partial charge in [-0.05, 0) is 63.3 Å². The summed E-state index contributed by atoms with van der Waals surface area (Å²) in [4.78, 5) is 31.7. The summed E-state index contributed by atoms with van der Waals surface area (Å²) in [6.07, 6.45) is 5.90. The van der Waals surface area contributed by atoms with Crippen molar-refractivity contribution in [2.24, 2.45) is 0 Å². The normalized spacial score (nSPS) is 14.4. The number of imidazole rings is 1. The first-order valence-electron chi connectivity index (χ1n) is 10.3. The van der Waals surface area contributed by atoms with Crippen molar-refractivity contribution >= 4 is 22.9 Å². The Labute approximate surface area is 171 Å². The Balaban J connectivity index is 1.37. The molecule has 152 valence electrons. The summed E-state index contributed by atoms with van der Waals surface area (Å²) in [7, 11) is 0. The highest BCUT2D eigenvalue weighted by Crippen LogP contribution is 2.18. The smallest absolute Gasteiger partial charge is 0.254 e. The van der Waals surface area contributed by atoms with Crippen LogP contribution in [0.25, 0.3) is 11.0 Å². The Morgan fingerprint density at radius 2 is 1.86 bits per heavy atom. The Kier molecular flexibility index (Phi) is 5.47. The van der Waals surface area contributed by atoms with Crippen LogP contribution >= 0.6 is 0 Å². The maximum absolute atomic E-state index is 12.6. The maximum Gasteiger partial charge on any atom is 0.254 e. The Morgan fingerprint density at radius 3 is 2.62 bits per heavy atom. The number of nitrogens with zero attached hydrogens (tertiary/aromatic N) is 4. The molecular formula is C22H28N6O. The first-order valence-corrected chi connectivity index (χ1v) is 10.3. The summed E-state index contributed by atoms with van der Waals surface area (Å²) in [6, 6.07) is 4.21. The number of rotatable bonds is 5. The number of fused-ring (bicyclic) bond motifs is 1. The minimum Gasteiger partial charge on any atom is -0.351 e. The molecular weight excluding hydrogens is 364 g/mol. The van der Waals surface area contributed by atoms with E-state index in [2.05, 4.69) is 56.1 Å². The van der Waals surface area contributed by atoms with Crippen molar-refractivity contribution in [2.45, 2.75) is 46.5 Å². The maximum atomic E-state index is 12.6. The number of aromatic nitrogens is 4. The molecule has 0 saturated carbocycles. The summed E-state index contributed by atoms with van der Waals surface area (Å²) in [5.74, 6) is 1.46. The van der Waals surface area contributed by atoms with Crippen molar-refractivity contribution in [2.75, 3.05) is 24.5 Å². The summed E-state index contributed by atoms with van der Waals surface area (Å²) in [5.41, 5.74) is 5.71. The highest BCUT2D eigenvalue weighted by molar-refractivity contribution is 5.95. The SMILES string of the molecule is Cc1cc2nc(CCNC(=O)c3cnc(N4CCCCC4)nc3C)[nH]c2cc1C. The van der Waals surface area contributed by atoms with Crippen molar-refractivity contribution in [1.29, 1.82) is 0 Å². The predicted molar refractivity (Wildman–Crippen MR) is 114 cm³/mol. The van der Waals surface area contributed by atoms with Crippen molar-refractivity contribution in [3.63, 3.8) is 0 Å². The second-order valence-electron chi connectivity index (χ2n) is 7.86. The Morgan fingerprint density at radius 1 is 1.10 bits per heavy atom. The molecule has 0 spiro atoms. The number of hydrogen-bond acceptors (Lipinski definition) is 5. The predicted octanol–water partition coefficient (Wildman–Crippen LogP) is 3.24. The molecule has 2 aromatic heterocycles. The fourth-order valence-electron chi connectivity index (χ4n) is 3.75. The number of anilines is 1. The van der Waals surface area contributed by atoms with E-state index in [1.807, 2.05) is 6.92 Å². The Bertz CT molecular complexity index is 996. The number of H-pyrrole nitrogens is 1. The van der Waals surface area contributed by atoms with Crippen molar-refractivity contribution in [3.05, 3.63) is 46.5 Å². The van der Waals surface area contributed by atoms with Crippen molar-refractivity contribution in [1.82, 2.24) is 25.3 Å². The lowest BCUT2D eigenvalue weighted by molar-refractivity contribution is 0.0952. The average molecular weight is 393 g/mol. The number of aryl methyl sites for hydroxylation is 3. The lowest BCUT2D eigenvalue weighted by atomic mass is 10.1. The van der Waals surface area contributed by atoms with E-state index in [-0.39, 0.29) is 5.91 Å². The van der Waals surface area contributed by atoms with E-state index in [0.29, 0.717) is 24.2 Å². The second-order valence-corrected chi connectivity index (χ2v) is 7.86. The monoisotopic (exact) mass is 392 g/mol. The zero-order valence-electron chi connectivity index (χ0n) is 17.4. The van der Waals surface area contributed by atoms with Gasteiger partial charge in [0.25, 0.3) is 5.91 Å². The molecule has 7 heteroatoms. The Hall–Kier alpha value is -2.96. The van der Waals surface area contributed by atoms with Crippen LogP contribution < -0.4 is 10.2 Å². The molecule has 7 nitrogen and oxygen atoms in total. The molecule has 1 aromatic carbocycles. The molecule has 0 radical (unpaired) electrons. The molecule has 1 amide bonds. The number of piperidine rings is 1. The van der Waals surface area contributed by atoms with Crippen LogP contribution in [0, 0.1) is 20.8 Å². The van der Waals surface area contributed by atoms with Gasteiger partial charge in [0.1, 0.15) is 5.82 Å². The number of carbonyl (C=O) groups is 1. The van der Waals surface area contributed by atoms with E-state index in [1.54, 1.807) is 6.20 Å². The van der Waals surface area contributed by atoms with E-state index in [1.165, 1.54) is 30.4 Å². The summed E-state index contributed by atoms with van der Waals surface area (Å²) < 4.78 is 0. The molecule has 1 aliphatic rings. The van der Waals surface area contributed by atoms with E-state index >= 15 is 0 Å². The number of benzene rings is 1. The van der Waals surface area contributed by atoms with E-state index in [4.69, 9.17) is 0 Å². The highest BCUT2D eigenvalue weighted by atomic mass is 16.1. The van der Waals surface area contributed by atoms with Gasteiger partial charge >= 0.3 is 0 Å². The standard InChI is InChI=1S/C22H28N6O/c1-14-11-18-19(12-15(14)2)27-20(26-18)7-8-23-21(29)17-13-24-22(25-16(17)3)28-9-5-4-6-10-28/h11-13H,4-10H2,1-3H3,(H,23,29)(H,26,27). The third-order valence-electron chi connectivity index (χ3n) is 5.64. The third kappa shape index (κ3) is 4.23. The van der Waals surface area contributed by atoms with Gasteiger partial charge in [-0.25, -0.2) is 15.0 Å². The highest BCUT2D eigenvalue weighted by Gasteiger charge is 2.17. The van der Waals surface area contributed by atoms with Crippen LogP contribution in [0.4, 0.5) is 5.95 Å². The van der Waals surface area contributed by atoms with Gasteiger partial charge in [0.2, 0.25) is 5.95 Å². The summed E-state index contributed by atoms with van der Waals surface area (Å²) in [6.45, 7) is 8.53. The third-order valence-corrected chi connectivity index (χ3v) is 5.64. The first kappa shape index (κ1) is 19.4. The fraction of sp³-hybridized carbons (Fsp3) is 0.455. The molecule has 0 atom stereocenters.